The summed E-state index contributed by atoms with van der Waals surface area (Å²) in [5.41, 5.74) is 6.57. The van der Waals surface area contributed by atoms with Gasteiger partial charge in [0.25, 0.3) is 0 Å². The highest BCUT2D eigenvalue weighted by Gasteiger charge is 2.23. The van der Waals surface area contributed by atoms with Gasteiger partial charge in [0, 0.05) is 55.2 Å². The number of nitrogens with two attached hydrogens (primary N) is 1. The number of amides is 2. The predicted molar refractivity (Wildman–Crippen MR) is 108 cm³/mol. The molecule has 1 saturated heterocycles. The first-order valence-corrected chi connectivity index (χ1v) is 10.2. The summed E-state index contributed by atoms with van der Waals surface area (Å²) in [7, 11) is 0. The number of carbonyl (C=O) groups is 1. The van der Waals surface area contributed by atoms with Gasteiger partial charge in [0.2, 0.25) is 11.1 Å². The minimum absolute atomic E-state index is 0.167. The van der Waals surface area contributed by atoms with E-state index in [-0.39, 0.29) is 17.8 Å². The number of halogens is 1. The van der Waals surface area contributed by atoms with Crippen LogP contribution in [0.3, 0.4) is 0 Å². The van der Waals surface area contributed by atoms with Gasteiger partial charge in [-0.25, -0.2) is 14.2 Å². The van der Waals surface area contributed by atoms with Crippen molar-refractivity contribution in [2.45, 2.75) is 6.42 Å². The maximum Gasteiger partial charge on any atom is 0.323 e. The average molecular weight is 420 g/mol. The normalized spacial score (nSPS) is 14.3. The zero-order chi connectivity index (χ0) is 19.5. The van der Waals surface area contributed by atoms with Gasteiger partial charge >= 0.3 is 6.03 Å². The molecule has 146 valence electrons. The van der Waals surface area contributed by atoms with Crippen LogP contribution < -0.4 is 16.0 Å². The van der Waals surface area contributed by atoms with E-state index in [2.05, 4.69) is 24.6 Å². The third kappa shape index (κ3) is 4.37. The van der Waals surface area contributed by atoms with Crippen molar-refractivity contribution in [1.29, 1.82) is 0 Å². The molecule has 0 spiro atoms. The Balaban J connectivity index is 1.29. The number of carbonyl (C=O) groups excluding carboxylic acids is 1. The van der Waals surface area contributed by atoms with Crippen LogP contribution in [0.5, 0.6) is 0 Å². The Bertz CT molecular complexity index is 951. The van der Waals surface area contributed by atoms with Crippen LogP contribution in [0, 0.1) is 5.82 Å². The summed E-state index contributed by atoms with van der Waals surface area (Å²) in [4.78, 5) is 25.8. The van der Waals surface area contributed by atoms with Gasteiger partial charge in [0.15, 0.2) is 5.13 Å². The Morgan fingerprint density at radius 3 is 2.64 bits per heavy atom. The van der Waals surface area contributed by atoms with Crippen molar-refractivity contribution in [3.05, 3.63) is 46.7 Å². The molecule has 1 fully saturated rings. The Morgan fingerprint density at radius 2 is 1.96 bits per heavy atom. The molecule has 28 heavy (non-hydrogen) atoms. The Hall–Kier alpha value is -2.79. The molecule has 0 unspecified atom stereocenters. The molecule has 3 heterocycles. The highest BCUT2D eigenvalue weighted by atomic mass is 32.1. The predicted octanol–water partition coefficient (Wildman–Crippen LogP) is 2.66. The van der Waals surface area contributed by atoms with Crippen molar-refractivity contribution in [1.82, 2.24) is 19.2 Å². The molecule has 1 aliphatic heterocycles. The van der Waals surface area contributed by atoms with Gasteiger partial charge in [0.1, 0.15) is 5.82 Å². The van der Waals surface area contributed by atoms with Crippen LogP contribution in [-0.4, -0.2) is 51.5 Å². The third-order valence-corrected chi connectivity index (χ3v) is 6.03. The molecular weight excluding hydrogens is 401 g/mol. The van der Waals surface area contributed by atoms with Crippen molar-refractivity contribution in [3.8, 4) is 0 Å². The Labute approximate surface area is 169 Å². The molecule has 0 radical (unpaired) electrons. The molecule has 0 aliphatic carbocycles. The van der Waals surface area contributed by atoms with Gasteiger partial charge in [-0.3, -0.25) is 5.32 Å². The van der Waals surface area contributed by atoms with Gasteiger partial charge < -0.3 is 15.5 Å². The van der Waals surface area contributed by atoms with Crippen LogP contribution in [-0.2, 0) is 6.42 Å². The van der Waals surface area contributed by atoms with E-state index in [0.717, 1.165) is 15.6 Å². The van der Waals surface area contributed by atoms with E-state index in [9.17, 15) is 9.18 Å². The van der Waals surface area contributed by atoms with Gasteiger partial charge in [-0.15, -0.1) is 11.3 Å². The fourth-order valence-electron chi connectivity index (χ4n) is 2.88. The Kier molecular flexibility index (Phi) is 5.35. The lowest BCUT2D eigenvalue weighted by Crippen LogP contribution is -2.50. The maximum atomic E-state index is 13.0. The molecule has 1 aliphatic rings. The Morgan fingerprint density at radius 1 is 1.21 bits per heavy atom. The molecule has 3 aromatic rings. The number of hydrogen-bond donors (Lipinski definition) is 2. The van der Waals surface area contributed by atoms with Crippen molar-refractivity contribution >= 4 is 45.1 Å². The summed E-state index contributed by atoms with van der Waals surface area (Å²) in [5, 5.41) is 4.19. The number of rotatable bonds is 4. The number of urea groups is 1. The first-order chi connectivity index (χ1) is 13.6. The number of nitrogens with one attached hydrogen (secondary N) is 1. The summed E-state index contributed by atoms with van der Waals surface area (Å²) in [6.45, 7) is 2.52. The minimum atomic E-state index is -0.254. The molecular formula is C17H18FN7OS2. The number of thiazole rings is 1. The van der Waals surface area contributed by atoms with Crippen LogP contribution in [0.25, 0.3) is 0 Å². The van der Waals surface area contributed by atoms with E-state index in [1.807, 2.05) is 0 Å². The number of anilines is 3. The first-order valence-electron chi connectivity index (χ1n) is 8.66. The standard InChI is InChI=1S/C17H18FN7OS2/c18-12-3-1-11(2-4-12)9-13-10-20-15(27-13)22-16(26)24-5-7-25(8-6-24)17-21-14(19)23-28-17/h1-4,10H,5-9H2,(H2,19,23)(H,20,22,26). The van der Waals surface area contributed by atoms with Gasteiger partial charge in [-0.05, 0) is 17.7 Å². The smallest absolute Gasteiger partial charge is 0.323 e. The summed E-state index contributed by atoms with van der Waals surface area (Å²) in [6.07, 6.45) is 2.39. The number of hydrogen-bond acceptors (Lipinski definition) is 8. The first kappa shape index (κ1) is 18.6. The van der Waals surface area contributed by atoms with Gasteiger partial charge in [-0.2, -0.15) is 9.36 Å². The van der Waals surface area contributed by atoms with E-state index in [1.165, 1.54) is 35.0 Å². The molecule has 0 bridgehead atoms. The molecule has 2 aromatic heterocycles. The van der Waals surface area contributed by atoms with Crippen molar-refractivity contribution in [2.24, 2.45) is 0 Å². The highest BCUT2D eigenvalue weighted by Crippen LogP contribution is 2.23. The van der Waals surface area contributed by atoms with Crippen LogP contribution in [0.1, 0.15) is 10.4 Å². The minimum Gasteiger partial charge on any atom is -0.367 e. The highest BCUT2D eigenvalue weighted by molar-refractivity contribution is 7.15. The zero-order valence-corrected chi connectivity index (χ0v) is 16.5. The third-order valence-electron chi connectivity index (χ3n) is 4.33. The van der Waals surface area contributed by atoms with Crippen LogP contribution in [0.2, 0.25) is 0 Å². The molecule has 11 heteroatoms. The summed E-state index contributed by atoms with van der Waals surface area (Å²) in [6, 6.07) is 6.21. The maximum absolute atomic E-state index is 13.0. The van der Waals surface area contributed by atoms with Crippen LogP contribution in [0.15, 0.2) is 30.5 Å². The van der Waals surface area contributed by atoms with E-state index < -0.39 is 0 Å². The quantitative estimate of drug-likeness (QED) is 0.674. The average Bonchev–Trinajstić information content (AvgIpc) is 3.33. The topological polar surface area (TPSA) is 100 Å². The second-order valence-corrected chi connectivity index (χ2v) is 8.12. The second kappa shape index (κ2) is 8.07. The van der Waals surface area contributed by atoms with E-state index in [0.29, 0.717) is 37.7 Å². The number of benzene rings is 1. The van der Waals surface area contributed by atoms with E-state index in [4.69, 9.17) is 5.73 Å². The number of piperazine rings is 1. The monoisotopic (exact) mass is 419 g/mol. The zero-order valence-electron chi connectivity index (χ0n) is 14.8. The van der Waals surface area contributed by atoms with Gasteiger partial charge in [-0.1, -0.05) is 12.1 Å². The summed E-state index contributed by atoms with van der Waals surface area (Å²) in [5.74, 6) is 0.0241. The molecule has 3 N–H and O–H groups in total. The molecule has 8 nitrogen and oxygen atoms in total. The van der Waals surface area contributed by atoms with Crippen molar-refractivity contribution in [2.75, 3.05) is 42.1 Å². The largest absolute Gasteiger partial charge is 0.367 e. The van der Waals surface area contributed by atoms with Crippen LogP contribution >= 0.6 is 22.9 Å². The SMILES string of the molecule is Nc1nsc(N2CCN(C(=O)Nc3ncc(Cc4ccc(F)cc4)s3)CC2)n1. The lowest BCUT2D eigenvalue weighted by atomic mass is 10.1. The van der Waals surface area contributed by atoms with Crippen molar-refractivity contribution in [3.63, 3.8) is 0 Å². The number of nitrogen functional groups attached to an aromatic ring is 1. The van der Waals surface area contributed by atoms with Crippen molar-refractivity contribution < 1.29 is 9.18 Å². The number of aromatic nitrogens is 3. The lowest BCUT2D eigenvalue weighted by molar-refractivity contribution is 0.208. The molecule has 0 saturated carbocycles. The number of nitrogens with zero attached hydrogens (tertiary/aromatic N) is 5. The molecule has 1 aromatic carbocycles. The fraction of sp³-hybridized carbons (Fsp3) is 0.294. The summed E-state index contributed by atoms with van der Waals surface area (Å²) < 4.78 is 17.0. The molecule has 0 atom stereocenters. The lowest BCUT2D eigenvalue weighted by Gasteiger charge is -2.34. The molecule has 2 amide bonds. The molecule has 4 rings (SSSR count). The van der Waals surface area contributed by atoms with E-state index in [1.54, 1.807) is 23.2 Å². The van der Waals surface area contributed by atoms with Crippen LogP contribution in [0.4, 0.5) is 25.4 Å². The van der Waals surface area contributed by atoms with Gasteiger partial charge in [0.05, 0.1) is 0 Å². The fourth-order valence-corrected chi connectivity index (χ4v) is 4.36. The second-order valence-electron chi connectivity index (χ2n) is 6.27. The summed E-state index contributed by atoms with van der Waals surface area (Å²) >= 11 is 2.68. The van der Waals surface area contributed by atoms with E-state index >= 15 is 0 Å².